The van der Waals surface area contributed by atoms with Crippen molar-refractivity contribution in [3.05, 3.63) is 59.4 Å². The van der Waals surface area contributed by atoms with Crippen LogP contribution in [-0.2, 0) is 0 Å². The van der Waals surface area contributed by atoms with Gasteiger partial charge in [0.25, 0.3) is 0 Å². The van der Waals surface area contributed by atoms with E-state index in [1.807, 2.05) is 12.1 Å². The Morgan fingerprint density at radius 2 is 1.15 bits per heavy atom. The van der Waals surface area contributed by atoms with Gasteiger partial charge in [0.15, 0.2) is 0 Å². The van der Waals surface area contributed by atoms with E-state index in [9.17, 15) is 0 Å². The van der Waals surface area contributed by atoms with E-state index in [2.05, 4.69) is 44.2 Å². The minimum atomic E-state index is -0.0472. The first-order chi connectivity index (χ1) is 19.1. The minimum Gasteiger partial charge on any atom is -0.206 e. The van der Waals surface area contributed by atoms with Crippen molar-refractivity contribution < 1.29 is 4.39 Å². The van der Waals surface area contributed by atoms with Crippen molar-refractivity contribution in [3.8, 4) is 11.1 Å². The fraction of sp³-hybridized carbons (Fsp3) is 0.684. The number of unbranched alkanes of at least 4 members (excludes halogenated alkanes) is 3. The van der Waals surface area contributed by atoms with Gasteiger partial charge in [-0.25, -0.2) is 4.39 Å². The Bertz CT molecular complexity index is 982. The van der Waals surface area contributed by atoms with Gasteiger partial charge < -0.3 is 0 Å². The molecule has 5 rings (SSSR count). The van der Waals surface area contributed by atoms with Crippen LogP contribution in [0.15, 0.2) is 42.5 Å². The van der Waals surface area contributed by atoms with Gasteiger partial charge in [-0.2, -0.15) is 0 Å². The molecule has 0 N–H and O–H groups in total. The Labute approximate surface area is 239 Å². The van der Waals surface area contributed by atoms with E-state index in [1.165, 1.54) is 127 Å². The lowest BCUT2D eigenvalue weighted by molar-refractivity contribution is 0.155. The van der Waals surface area contributed by atoms with Gasteiger partial charge in [0.1, 0.15) is 5.82 Å². The topological polar surface area (TPSA) is 0 Å². The summed E-state index contributed by atoms with van der Waals surface area (Å²) in [5, 5.41) is 0. The average Bonchev–Trinajstić information content (AvgIpc) is 3.00. The molecule has 0 aliphatic heterocycles. The summed E-state index contributed by atoms with van der Waals surface area (Å²) in [5.74, 6) is 5.04. The van der Waals surface area contributed by atoms with Crippen LogP contribution < -0.4 is 0 Å². The predicted molar refractivity (Wildman–Crippen MR) is 166 cm³/mol. The molecule has 214 valence electrons. The van der Waals surface area contributed by atoms with Crippen LogP contribution in [0.5, 0.6) is 0 Å². The third-order valence-corrected chi connectivity index (χ3v) is 11.4. The van der Waals surface area contributed by atoms with Crippen molar-refractivity contribution in [2.75, 3.05) is 0 Å². The Morgan fingerprint density at radius 3 is 1.77 bits per heavy atom. The summed E-state index contributed by atoms with van der Waals surface area (Å²) in [5.41, 5.74) is 4.46. The van der Waals surface area contributed by atoms with Crippen molar-refractivity contribution in [1.82, 2.24) is 0 Å². The minimum absolute atomic E-state index is 0.0472. The molecule has 0 aromatic heterocycles. The molecule has 3 aliphatic rings. The molecule has 3 aliphatic carbocycles. The molecule has 0 radical (unpaired) electrons. The van der Waals surface area contributed by atoms with Gasteiger partial charge in [0.2, 0.25) is 0 Å². The molecule has 0 amide bonds. The first-order valence-electron chi connectivity index (χ1n) is 17.0. The van der Waals surface area contributed by atoms with Crippen LogP contribution in [0.3, 0.4) is 0 Å². The summed E-state index contributed by atoms with van der Waals surface area (Å²) >= 11 is 0. The summed E-state index contributed by atoms with van der Waals surface area (Å²) in [7, 11) is 0. The fourth-order valence-electron chi connectivity index (χ4n) is 8.59. The van der Waals surface area contributed by atoms with Crippen LogP contribution in [0.25, 0.3) is 11.1 Å². The van der Waals surface area contributed by atoms with Crippen molar-refractivity contribution in [3.63, 3.8) is 0 Å². The van der Waals surface area contributed by atoms with Crippen LogP contribution in [0.2, 0.25) is 0 Å². The third-order valence-electron chi connectivity index (χ3n) is 11.4. The molecule has 0 nitrogen and oxygen atoms in total. The second-order valence-electron chi connectivity index (χ2n) is 13.7. The number of hydrogen-bond donors (Lipinski definition) is 0. The number of halogens is 1. The normalized spacial score (nSPS) is 29.8. The summed E-state index contributed by atoms with van der Waals surface area (Å²) in [6, 6.07) is 15.0. The maximum atomic E-state index is 15.2. The summed E-state index contributed by atoms with van der Waals surface area (Å²) in [4.78, 5) is 0. The molecule has 1 heteroatoms. The highest BCUT2D eigenvalue weighted by molar-refractivity contribution is 5.65. The van der Waals surface area contributed by atoms with Crippen LogP contribution in [0.4, 0.5) is 4.39 Å². The van der Waals surface area contributed by atoms with Gasteiger partial charge in [-0.3, -0.25) is 0 Å². The van der Waals surface area contributed by atoms with E-state index in [-0.39, 0.29) is 5.82 Å². The number of hydrogen-bond acceptors (Lipinski definition) is 0. The largest absolute Gasteiger partial charge is 0.206 e. The summed E-state index contributed by atoms with van der Waals surface area (Å²) in [6.07, 6.45) is 25.0. The predicted octanol–water partition coefficient (Wildman–Crippen LogP) is 12.2. The highest BCUT2D eigenvalue weighted by Gasteiger charge is 2.31. The smallest absolute Gasteiger partial charge is 0.131 e. The van der Waals surface area contributed by atoms with Gasteiger partial charge in [-0.05, 0) is 122 Å². The van der Waals surface area contributed by atoms with E-state index in [4.69, 9.17) is 0 Å². The zero-order valence-electron chi connectivity index (χ0n) is 25.1. The fourth-order valence-corrected chi connectivity index (χ4v) is 8.59. The lowest BCUT2D eigenvalue weighted by Gasteiger charge is -2.38. The molecule has 39 heavy (non-hydrogen) atoms. The molecular formula is C38H55F. The third kappa shape index (κ3) is 7.56. The van der Waals surface area contributed by atoms with Crippen molar-refractivity contribution in [1.29, 1.82) is 0 Å². The molecule has 0 heterocycles. The van der Waals surface area contributed by atoms with Gasteiger partial charge in [0, 0.05) is 5.56 Å². The van der Waals surface area contributed by atoms with Gasteiger partial charge >= 0.3 is 0 Å². The number of benzene rings is 2. The zero-order valence-corrected chi connectivity index (χ0v) is 25.1. The lowest BCUT2D eigenvalue weighted by Crippen LogP contribution is -2.25. The van der Waals surface area contributed by atoms with Gasteiger partial charge in [-0.1, -0.05) is 102 Å². The van der Waals surface area contributed by atoms with Crippen molar-refractivity contribution >= 4 is 0 Å². The highest BCUT2D eigenvalue weighted by atomic mass is 19.1. The Hall–Kier alpha value is -1.63. The van der Waals surface area contributed by atoms with Gasteiger partial charge in [-0.15, -0.1) is 0 Å². The van der Waals surface area contributed by atoms with Crippen molar-refractivity contribution in [2.24, 2.45) is 23.7 Å². The van der Waals surface area contributed by atoms with Crippen LogP contribution >= 0.6 is 0 Å². The molecule has 3 fully saturated rings. The van der Waals surface area contributed by atoms with Crippen LogP contribution in [0, 0.1) is 29.5 Å². The quantitative estimate of drug-likeness (QED) is 0.268. The van der Waals surface area contributed by atoms with E-state index >= 15 is 4.39 Å². The van der Waals surface area contributed by atoms with E-state index in [0.717, 1.165) is 34.8 Å². The SMILES string of the molecule is CCCCCCC1CCC(C2CCC(c3ccc(-c4ccc(C5CCC(CC)CC5)cc4F)cc3)CC2)CC1. The molecule has 0 spiro atoms. The molecule has 2 aromatic carbocycles. The first kappa shape index (κ1) is 28.9. The maximum Gasteiger partial charge on any atom is 0.131 e. The monoisotopic (exact) mass is 530 g/mol. The molecule has 3 saturated carbocycles. The maximum absolute atomic E-state index is 15.2. The molecule has 0 atom stereocenters. The molecule has 2 aromatic rings. The van der Waals surface area contributed by atoms with E-state index < -0.39 is 0 Å². The first-order valence-corrected chi connectivity index (χ1v) is 17.0. The standard InChI is InChI=1S/C38H55F/c1-3-5-6-7-8-29-11-15-30(16-12-29)31-17-19-32(20-18-31)33-21-23-35(24-22-33)37-26-25-36(27-38(37)39)34-13-9-28(4-2)10-14-34/h21-32,34H,3-20H2,1-2H3. The second-order valence-corrected chi connectivity index (χ2v) is 13.7. The Kier molecular flexibility index (Phi) is 10.6. The lowest BCUT2D eigenvalue weighted by atomic mass is 9.68. The second kappa shape index (κ2) is 14.3. The zero-order chi connectivity index (χ0) is 27.0. The van der Waals surface area contributed by atoms with Crippen molar-refractivity contribution in [2.45, 2.75) is 141 Å². The molecule has 0 unspecified atom stereocenters. The number of rotatable bonds is 10. The highest BCUT2D eigenvalue weighted by Crippen LogP contribution is 2.45. The van der Waals surface area contributed by atoms with E-state index in [0.29, 0.717) is 11.8 Å². The average molecular weight is 531 g/mol. The van der Waals surface area contributed by atoms with Crippen LogP contribution in [0.1, 0.15) is 152 Å². The summed E-state index contributed by atoms with van der Waals surface area (Å²) in [6.45, 7) is 4.62. The molecular weight excluding hydrogens is 475 g/mol. The molecule has 0 saturated heterocycles. The Morgan fingerprint density at radius 1 is 0.590 bits per heavy atom. The van der Waals surface area contributed by atoms with Crippen LogP contribution in [-0.4, -0.2) is 0 Å². The van der Waals surface area contributed by atoms with Gasteiger partial charge in [0.05, 0.1) is 0 Å². The Balaban J connectivity index is 1.09. The summed E-state index contributed by atoms with van der Waals surface area (Å²) < 4.78 is 15.2. The molecule has 0 bridgehead atoms. The van der Waals surface area contributed by atoms with E-state index in [1.54, 1.807) is 0 Å².